The summed E-state index contributed by atoms with van der Waals surface area (Å²) in [7, 11) is 0. The summed E-state index contributed by atoms with van der Waals surface area (Å²) in [5.74, 6) is 1.02. The van der Waals surface area contributed by atoms with Crippen molar-refractivity contribution in [3.63, 3.8) is 0 Å². The molecule has 3 heterocycles. The van der Waals surface area contributed by atoms with E-state index in [1.165, 1.54) is 5.56 Å². The maximum Gasteiger partial charge on any atom is 0.231 e. The summed E-state index contributed by atoms with van der Waals surface area (Å²) in [6.45, 7) is 2.30. The molecule has 146 valence electrons. The molecule has 0 saturated carbocycles. The lowest BCUT2D eigenvalue weighted by Gasteiger charge is -2.31. The van der Waals surface area contributed by atoms with Gasteiger partial charge in [-0.25, -0.2) is 0 Å². The van der Waals surface area contributed by atoms with Crippen LogP contribution in [-0.2, 0) is 11.2 Å². The third kappa shape index (κ3) is 4.28. The maximum absolute atomic E-state index is 12.5. The number of aryl methyl sites for hydroxylation is 1. The van der Waals surface area contributed by atoms with E-state index in [4.69, 9.17) is 11.6 Å². The molecule has 1 aliphatic rings. The average Bonchev–Trinajstić information content (AvgIpc) is 3.15. The molecule has 7 heteroatoms. The van der Waals surface area contributed by atoms with Gasteiger partial charge in [-0.3, -0.25) is 9.20 Å². The molecule has 0 atom stereocenters. The summed E-state index contributed by atoms with van der Waals surface area (Å²) >= 11 is 6.10. The molecular formula is C21H24ClN5O. The fraction of sp³-hybridized carbons (Fsp3) is 0.381. The highest BCUT2D eigenvalue weighted by Gasteiger charge is 2.26. The van der Waals surface area contributed by atoms with Gasteiger partial charge >= 0.3 is 0 Å². The predicted octanol–water partition coefficient (Wildman–Crippen LogP) is 3.35. The molecule has 2 aromatic heterocycles. The lowest BCUT2D eigenvalue weighted by Crippen LogP contribution is -2.41. The molecule has 0 unspecified atom stereocenters. The number of carbonyl (C=O) groups is 1. The lowest BCUT2D eigenvalue weighted by atomic mass is 9.96. The van der Waals surface area contributed by atoms with E-state index in [2.05, 4.69) is 32.5 Å². The van der Waals surface area contributed by atoms with Gasteiger partial charge < -0.3 is 10.2 Å². The van der Waals surface area contributed by atoms with E-state index in [9.17, 15) is 4.79 Å². The first-order valence-electron chi connectivity index (χ1n) is 9.77. The summed E-state index contributed by atoms with van der Waals surface area (Å²) in [5.41, 5.74) is 2.09. The maximum atomic E-state index is 12.5. The minimum Gasteiger partial charge on any atom is -0.356 e. The van der Waals surface area contributed by atoms with Crippen LogP contribution in [0.2, 0.25) is 5.02 Å². The first-order valence-corrected chi connectivity index (χ1v) is 10.2. The van der Waals surface area contributed by atoms with Gasteiger partial charge in [-0.15, -0.1) is 10.2 Å². The zero-order chi connectivity index (χ0) is 19.3. The standard InChI is InChI=1S/C21H24ClN5O/c22-18-8-9-19-24-25-21(27(19)15-18)26-13-10-17(11-14-26)20(28)23-12-4-7-16-5-2-1-3-6-16/h1-3,5-6,8-9,15,17H,4,7,10-14H2,(H,23,28). The number of hydrogen-bond donors (Lipinski definition) is 1. The molecule has 0 radical (unpaired) electrons. The van der Waals surface area contributed by atoms with Crippen molar-refractivity contribution in [3.8, 4) is 0 Å². The van der Waals surface area contributed by atoms with Crippen molar-refractivity contribution < 1.29 is 4.79 Å². The Morgan fingerprint density at radius 3 is 2.68 bits per heavy atom. The minimum atomic E-state index is 0.0655. The van der Waals surface area contributed by atoms with Gasteiger partial charge in [0.05, 0.1) is 5.02 Å². The number of rotatable bonds is 6. The number of fused-ring (bicyclic) bond motifs is 1. The van der Waals surface area contributed by atoms with Gasteiger partial charge in [0.15, 0.2) is 5.65 Å². The number of carbonyl (C=O) groups excluding carboxylic acids is 1. The number of piperidine rings is 1. The number of hydrogen-bond acceptors (Lipinski definition) is 4. The summed E-state index contributed by atoms with van der Waals surface area (Å²) in [6, 6.07) is 14.0. The summed E-state index contributed by atoms with van der Waals surface area (Å²) in [5, 5.41) is 12.2. The number of halogens is 1. The normalized spacial score (nSPS) is 15.1. The van der Waals surface area contributed by atoms with E-state index >= 15 is 0 Å². The highest BCUT2D eigenvalue weighted by molar-refractivity contribution is 6.30. The second kappa shape index (κ2) is 8.61. The second-order valence-electron chi connectivity index (χ2n) is 7.22. The molecule has 1 aromatic carbocycles. The lowest BCUT2D eigenvalue weighted by molar-refractivity contribution is -0.125. The van der Waals surface area contributed by atoms with Gasteiger partial charge in [0.25, 0.3) is 0 Å². The van der Waals surface area contributed by atoms with Crippen LogP contribution in [0.1, 0.15) is 24.8 Å². The molecule has 3 aromatic rings. The fourth-order valence-electron chi connectivity index (χ4n) is 3.70. The Balaban J connectivity index is 1.25. The van der Waals surface area contributed by atoms with Crippen LogP contribution in [0.5, 0.6) is 0 Å². The topological polar surface area (TPSA) is 62.5 Å². The van der Waals surface area contributed by atoms with Crippen molar-refractivity contribution in [3.05, 3.63) is 59.2 Å². The predicted molar refractivity (Wildman–Crippen MR) is 111 cm³/mol. The van der Waals surface area contributed by atoms with Crippen LogP contribution in [-0.4, -0.2) is 40.1 Å². The van der Waals surface area contributed by atoms with Crippen LogP contribution in [0.4, 0.5) is 5.95 Å². The van der Waals surface area contributed by atoms with E-state index in [1.54, 1.807) is 0 Å². The van der Waals surface area contributed by atoms with Crippen molar-refractivity contribution in [2.75, 3.05) is 24.5 Å². The fourth-order valence-corrected chi connectivity index (χ4v) is 3.86. The molecule has 1 fully saturated rings. The number of amides is 1. The van der Waals surface area contributed by atoms with Crippen molar-refractivity contribution in [2.24, 2.45) is 5.92 Å². The van der Waals surface area contributed by atoms with Gasteiger partial charge in [-0.05, 0) is 43.4 Å². The summed E-state index contributed by atoms with van der Waals surface area (Å²) in [4.78, 5) is 14.7. The molecule has 28 heavy (non-hydrogen) atoms. The van der Waals surface area contributed by atoms with Gasteiger partial charge in [-0.1, -0.05) is 41.9 Å². The summed E-state index contributed by atoms with van der Waals surface area (Å²) in [6.07, 6.45) is 5.42. The van der Waals surface area contributed by atoms with Crippen LogP contribution < -0.4 is 10.2 Å². The third-order valence-corrected chi connectivity index (χ3v) is 5.50. The van der Waals surface area contributed by atoms with Gasteiger partial charge in [0.1, 0.15) is 0 Å². The van der Waals surface area contributed by atoms with Crippen molar-refractivity contribution in [1.82, 2.24) is 19.9 Å². The number of aromatic nitrogens is 3. The molecule has 0 aliphatic carbocycles. The monoisotopic (exact) mass is 397 g/mol. The molecule has 1 saturated heterocycles. The highest BCUT2D eigenvalue weighted by Crippen LogP contribution is 2.23. The Labute approximate surface area is 169 Å². The SMILES string of the molecule is O=C(NCCCc1ccccc1)C1CCN(c2nnc3ccc(Cl)cn23)CC1. The molecule has 6 nitrogen and oxygen atoms in total. The van der Waals surface area contributed by atoms with E-state index in [0.717, 1.165) is 56.9 Å². The Morgan fingerprint density at radius 1 is 1.11 bits per heavy atom. The van der Waals surface area contributed by atoms with Crippen LogP contribution >= 0.6 is 11.6 Å². The van der Waals surface area contributed by atoms with Crippen molar-refractivity contribution in [2.45, 2.75) is 25.7 Å². The third-order valence-electron chi connectivity index (χ3n) is 5.28. The number of nitrogens with zero attached hydrogens (tertiary/aromatic N) is 4. The van der Waals surface area contributed by atoms with Crippen LogP contribution in [0.3, 0.4) is 0 Å². The minimum absolute atomic E-state index is 0.0655. The van der Waals surface area contributed by atoms with Gasteiger partial charge in [-0.2, -0.15) is 0 Å². The molecule has 0 spiro atoms. The number of pyridine rings is 1. The van der Waals surface area contributed by atoms with E-state index in [0.29, 0.717) is 5.02 Å². The number of benzene rings is 1. The Bertz CT molecular complexity index is 934. The van der Waals surface area contributed by atoms with Crippen LogP contribution in [0.25, 0.3) is 5.65 Å². The molecular weight excluding hydrogens is 374 g/mol. The first kappa shape index (κ1) is 18.7. The largest absolute Gasteiger partial charge is 0.356 e. The Morgan fingerprint density at radius 2 is 1.89 bits per heavy atom. The quantitative estimate of drug-likeness (QED) is 0.648. The molecule has 1 amide bonds. The average molecular weight is 398 g/mol. The number of anilines is 1. The zero-order valence-corrected chi connectivity index (χ0v) is 16.5. The smallest absolute Gasteiger partial charge is 0.231 e. The molecule has 4 rings (SSSR count). The van der Waals surface area contributed by atoms with Crippen LogP contribution in [0.15, 0.2) is 48.7 Å². The zero-order valence-electron chi connectivity index (χ0n) is 15.7. The second-order valence-corrected chi connectivity index (χ2v) is 7.65. The van der Waals surface area contributed by atoms with E-state index in [1.807, 2.05) is 40.9 Å². The van der Waals surface area contributed by atoms with Crippen LogP contribution in [0, 0.1) is 5.92 Å². The molecule has 0 bridgehead atoms. The van der Waals surface area contributed by atoms with Crippen molar-refractivity contribution in [1.29, 1.82) is 0 Å². The Hall–Kier alpha value is -2.60. The van der Waals surface area contributed by atoms with Gasteiger partial charge in [0, 0.05) is 31.7 Å². The number of nitrogens with one attached hydrogen (secondary N) is 1. The first-order chi connectivity index (χ1) is 13.7. The summed E-state index contributed by atoms with van der Waals surface area (Å²) < 4.78 is 1.91. The van der Waals surface area contributed by atoms with Gasteiger partial charge in [0.2, 0.25) is 11.9 Å². The van der Waals surface area contributed by atoms with E-state index < -0.39 is 0 Å². The highest BCUT2D eigenvalue weighted by atomic mass is 35.5. The Kier molecular flexibility index (Phi) is 5.76. The van der Waals surface area contributed by atoms with Crippen molar-refractivity contribution >= 4 is 29.1 Å². The molecule has 1 N–H and O–H groups in total. The molecule has 1 aliphatic heterocycles. The van der Waals surface area contributed by atoms with E-state index in [-0.39, 0.29) is 11.8 Å².